The number of nitrogens with one attached hydrogen (secondary N) is 3. The highest BCUT2D eigenvalue weighted by Gasteiger charge is 2.45. The topological polar surface area (TPSA) is 161 Å². The summed E-state index contributed by atoms with van der Waals surface area (Å²) in [5.74, 6) is -0.116. The Morgan fingerprint density at radius 2 is 1.48 bits per heavy atom. The molecule has 3 aromatic carbocycles. The number of aromatic nitrogens is 4. The van der Waals surface area contributed by atoms with E-state index in [0.717, 1.165) is 114 Å². The number of piperidine rings is 2. The van der Waals surface area contributed by atoms with Crippen LogP contribution in [0.2, 0.25) is 0 Å². The molecule has 3 fully saturated rings. The van der Waals surface area contributed by atoms with Gasteiger partial charge in [-0.15, -0.1) is 0 Å². The van der Waals surface area contributed by atoms with Gasteiger partial charge in [-0.1, -0.05) is 24.3 Å². The molecule has 2 aromatic heterocycles. The average molecular weight is 782 g/mol. The zero-order chi connectivity index (χ0) is 40.1. The molecule has 4 amide bonds. The molecule has 15 heteroatoms. The van der Waals surface area contributed by atoms with Crippen LogP contribution in [0.4, 0.5) is 34.5 Å². The Balaban J connectivity index is 0.767. The standard InChI is InChI=1S/C43H47N11O4/c1-26-6-4-7-27(2)37(26)47-38-34-24-44-43(48-39(34)50(3)49-38)45-29-8-5-9-30(22-29)53-20-18-51(19-21-53)25-28-14-16-52(17-15-28)31-10-11-32-33(23-31)42(58)54(41(32)57)35-12-13-36(55)46-40(35)56/h4-11,22-24,28,35H,12-21,25H2,1-3H3,(H,47,49)(H,44,45,48)(H,46,55,56). The van der Waals surface area contributed by atoms with E-state index < -0.39 is 23.8 Å². The summed E-state index contributed by atoms with van der Waals surface area (Å²) in [5.41, 5.74) is 7.71. The fourth-order valence-corrected chi connectivity index (χ4v) is 8.81. The molecular weight excluding hydrogens is 735 g/mol. The smallest absolute Gasteiger partial charge is 0.262 e. The van der Waals surface area contributed by atoms with Crippen LogP contribution in [0, 0.1) is 19.8 Å². The molecule has 58 heavy (non-hydrogen) atoms. The van der Waals surface area contributed by atoms with Crippen molar-refractivity contribution >= 4 is 69.2 Å². The van der Waals surface area contributed by atoms with Crippen LogP contribution in [0.25, 0.3) is 11.0 Å². The van der Waals surface area contributed by atoms with Gasteiger partial charge in [0.05, 0.1) is 16.5 Å². The van der Waals surface area contributed by atoms with Gasteiger partial charge in [-0.2, -0.15) is 10.1 Å². The third kappa shape index (κ3) is 7.10. The highest BCUT2D eigenvalue weighted by Crippen LogP contribution is 2.33. The van der Waals surface area contributed by atoms with Crippen LogP contribution in [0.3, 0.4) is 0 Å². The van der Waals surface area contributed by atoms with Crippen LogP contribution in [0.15, 0.2) is 66.9 Å². The maximum Gasteiger partial charge on any atom is 0.262 e. The predicted molar refractivity (Wildman–Crippen MR) is 222 cm³/mol. The van der Waals surface area contributed by atoms with Gasteiger partial charge in [0, 0.05) is 88.2 Å². The number of nitrogens with zero attached hydrogens (tertiary/aromatic N) is 8. The lowest BCUT2D eigenvalue weighted by molar-refractivity contribution is -0.136. The van der Waals surface area contributed by atoms with Gasteiger partial charge in [-0.3, -0.25) is 34.3 Å². The van der Waals surface area contributed by atoms with Crippen LogP contribution in [-0.2, 0) is 16.6 Å². The number of anilines is 6. The molecule has 0 spiro atoms. The van der Waals surface area contributed by atoms with E-state index in [4.69, 9.17) is 10.1 Å². The van der Waals surface area contributed by atoms with E-state index in [9.17, 15) is 19.2 Å². The largest absolute Gasteiger partial charge is 0.371 e. The first-order valence-corrected chi connectivity index (χ1v) is 20.1. The number of para-hydroxylation sites is 1. The number of amides is 4. The molecule has 0 saturated carbocycles. The molecule has 0 radical (unpaired) electrons. The number of rotatable bonds is 9. The van der Waals surface area contributed by atoms with Crippen molar-refractivity contribution in [1.29, 1.82) is 0 Å². The second-order valence-corrected chi connectivity index (χ2v) is 15.9. The summed E-state index contributed by atoms with van der Waals surface area (Å²) in [6, 6.07) is 19.1. The van der Waals surface area contributed by atoms with E-state index >= 15 is 0 Å². The summed E-state index contributed by atoms with van der Waals surface area (Å²) in [5, 5.41) is 14.7. The molecule has 4 aliphatic rings. The number of hydrogen-bond donors (Lipinski definition) is 3. The third-order valence-corrected chi connectivity index (χ3v) is 12.1. The fourth-order valence-electron chi connectivity index (χ4n) is 8.81. The summed E-state index contributed by atoms with van der Waals surface area (Å²) < 4.78 is 1.78. The highest BCUT2D eigenvalue weighted by atomic mass is 16.2. The molecule has 0 aliphatic carbocycles. The van der Waals surface area contributed by atoms with Gasteiger partial charge in [-0.25, -0.2) is 9.67 Å². The Kier molecular flexibility index (Phi) is 9.76. The van der Waals surface area contributed by atoms with E-state index in [2.05, 4.69) is 85.9 Å². The van der Waals surface area contributed by atoms with E-state index in [0.29, 0.717) is 23.0 Å². The summed E-state index contributed by atoms with van der Waals surface area (Å²) in [4.78, 5) is 68.4. The van der Waals surface area contributed by atoms with E-state index in [1.54, 1.807) is 16.8 Å². The molecular formula is C43H47N11O4. The van der Waals surface area contributed by atoms with Crippen molar-refractivity contribution in [2.45, 2.75) is 45.6 Å². The number of hydrogen-bond acceptors (Lipinski definition) is 12. The monoisotopic (exact) mass is 781 g/mol. The number of carbonyl (C=O) groups is 4. The van der Waals surface area contributed by atoms with Gasteiger partial charge in [0.2, 0.25) is 17.8 Å². The first kappa shape index (κ1) is 37.2. The van der Waals surface area contributed by atoms with E-state index in [1.165, 1.54) is 0 Å². The van der Waals surface area contributed by atoms with Crippen molar-refractivity contribution < 1.29 is 19.2 Å². The van der Waals surface area contributed by atoms with Crippen LogP contribution in [0.5, 0.6) is 0 Å². The van der Waals surface area contributed by atoms with Crippen LogP contribution >= 0.6 is 0 Å². The SMILES string of the molecule is Cc1cccc(C)c1Nc1nn(C)c2nc(Nc3cccc(N4CCN(CC5CCN(c6ccc7c(c6)C(=O)N(C6CCC(=O)NC6=O)C7=O)CC5)CC4)c3)ncc12. The quantitative estimate of drug-likeness (QED) is 0.174. The molecule has 9 rings (SSSR count). The molecule has 6 heterocycles. The van der Waals surface area contributed by atoms with Crippen LogP contribution in [-0.4, -0.2) is 105 Å². The number of fused-ring (bicyclic) bond motifs is 2. The van der Waals surface area contributed by atoms with Crippen molar-refractivity contribution in [2.75, 3.05) is 66.2 Å². The maximum atomic E-state index is 13.4. The fraction of sp³-hybridized carbons (Fsp3) is 0.372. The lowest BCUT2D eigenvalue weighted by Crippen LogP contribution is -2.54. The van der Waals surface area contributed by atoms with Gasteiger partial charge in [0.15, 0.2) is 11.5 Å². The molecule has 5 aromatic rings. The summed E-state index contributed by atoms with van der Waals surface area (Å²) in [6.45, 7) is 10.8. The molecule has 298 valence electrons. The zero-order valence-corrected chi connectivity index (χ0v) is 33.0. The van der Waals surface area contributed by atoms with Crippen molar-refractivity contribution in [3.63, 3.8) is 0 Å². The van der Waals surface area contributed by atoms with Crippen LogP contribution < -0.4 is 25.8 Å². The highest BCUT2D eigenvalue weighted by molar-refractivity contribution is 6.23. The van der Waals surface area contributed by atoms with Gasteiger partial charge in [0.25, 0.3) is 11.8 Å². The third-order valence-electron chi connectivity index (χ3n) is 12.1. The van der Waals surface area contributed by atoms with Gasteiger partial charge in [0.1, 0.15) is 6.04 Å². The molecule has 3 N–H and O–H groups in total. The average Bonchev–Trinajstić information content (AvgIpc) is 3.67. The Hall–Kier alpha value is -6.35. The number of aryl methyl sites for hydroxylation is 3. The Morgan fingerprint density at radius 1 is 0.776 bits per heavy atom. The summed E-state index contributed by atoms with van der Waals surface area (Å²) in [6.07, 6.45) is 4.14. The summed E-state index contributed by atoms with van der Waals surface area (Å²) in [7, 11) is 1.89. The Bertz CT molecular complexity index is 2430. The molecule has 15 nitrogen and oxygen atoms in total. The van der Waals surface area contributed by atoms with E-state index in [1.807, 2.05) is 25.4 Å². The lowest BCUT2D eigenvalue weighted by Gasteiger charge is -2.40. The minimum absolute atomic E-state index is 0.100. The first-order chi connectivity index (χ1) is 28.1. The van der Waals surface area contributed by atoms with Crippen molar-refractivity contribution in [3.8, 4) is 0 Å². The van der Waals surface area contributed by atoms with Crippen molar-refractivity contribution in [3.05, 3.63) is 89.1 Å². The molecule has 3 saturated heterocycles. The van der Waals surface area contributed by atoms with Gasteiger partial charge < -0.3 is 20.4 Å². The predicted octanol–water partition coefficient (Wildman–Crippen LogP) is 4.91. The normalized spacial score (nSPS) is 19.2. The number of carbonyl (C=O) groups excluding carboxylic acids is 4. The summed E-state index contributed by atoms with van der Waals surface area (Å²) >= 11 is 0. The van der Waals surface area contributed by atoms with Crippen molar-refractivity contribution in [2.24, 2.45) is 13.0 Å². The van der Waals surface area contributed by atoms with E-state index in [-0.39, 0.29) is 18.7 Å². The second kappa shape index (κ2) is 15.2. The van der Waals surface area contributed by atoms with Crippen molar-refractivity contribution in [1.82, 2.24) is 34.9 Å². The number of benzene rings is 3. The maximum absolute atomic E-state index is 13.4. The number of imide groups is 2. The van der Waals surface area contributed by atoms with Gasteiger partial charge >= 0.3 is 0 Å². The lowest BCUT2D eigenvalue weighted by atomic mass is 9.95. The minimum atomic E-state index is -0.963. The molecule has 1 unspecified atom stereocenters. The zero-order valence-electron chi connectivity index (χ0n) is 33.0. The minimum Gasteiger partial charge on any atom is -0.371 e. The van der Waals surface area contributed by atoms with Gasteiger partial charge in [-0.05, 0) is 86.6 Å². The Morgan fingerprint density at radius 3 is 2.24 bits per heavy atom. The Labute approximate surface area is 336 Å². The number of piperazine rings is 1. The molecule has 1 atom stereocenters. The second-order valence-electron chi connectivity index (χ2n) is 15.9. The molecule has 0 bridgehead atoms. The molecule has 4 aliphatic heterocycles. The van der Waals surface area contributed by atoms with Crippen LogP contribution in [0.1, 0.15) is 57.5 Å². The first-order valence-electron chi connectivity index (χ1n) is 20.1.